The van der Waals surface area contributed by atoms with Gasteiger partial charge < -0.3 is 24.5 Å². The lowest BCUT2D eigenvalue weighted by molar-refractivity contribution is -0.137. The minimum absolute atomic E-state index is 0.0692. The van der Waals surface area contributed by atoms with Gasteiger partial charge in [0.25, 0.3) is 6.43 Å². The normalized spacial score (nSPS) is 24.9. The summed E-state index contributed by atoms with van der Waals surface area (Å²) in [6, 6.07) is 4.82. The van der Waals surface area contributed by atoms with Crippen molar-refractivity contribution in [2.75, 3.05) is 43.4 Å². The number of benzene rings is 2. The molecule has 4 aliphatic rings. The minimum atomic E-state index is -4.78. The van der Waals surface area contributed by atoms with Crippen molar-refractivity contribution in [1.29, 1.82) is 0 Å². The van der Waals surface area contributed by atoms with E-state index in [1.807, 2.05) is 18.7 Å². The molecular weight excluding hydrogens is 672 g/mol. The van der Waals surface area contributed by atoms with E-state index in [4.69, 9.17) is 4.74 Å². The van der Waals surface area contributed by atoms with Crippen molar-refractivity contribution in [3.63, 3.8) is 0 Å². The van der Waals surface area contributed by atoms with Crippen LogP contribution in [-0.2, 0) is 10.9 Å². The smallest absolute Gasteiger partial charge is 0.417 e. The topological polar surface area (TPSA) is 71.9 Å². The van der Waals surface area contributed by atoms with Crippen LogP contribution in [0.5, 0.6) is 0 Å². The third-order valence-electron chi connectivity index (χ3n) is 9.41. The zero-order valence-electron chi connectivity index (χ0n) is 28.0. The number of amides is 1. The number of carbonyl (C=O) groups excluding carboxylic acids is 1. The monoisotopic (exact) mass is 713 g/mol. The molecule has 2 fully saturated rings. The quantitative estimate of drug-likeness (QED) is 0.344. The Kier molecular flexibility index (Phi) is 9.59. The maximum atomic E-state index is 15.0. The van der Waals surface area contributed by atoms with Crippen molar-refractivity contribution in [1.82, 2.24) is 14.7 Å². The number of alkyl halides is 5. The fourth-order valence-electron chi connectivity index (χ4n) is 7.29. The lowest BCUT2D eigenvalue weighted by atomic mass is 9.89. The van der Waals surface area contributed by atoms with E-state index >= 15 is 0 Å². The molecule has 2 aromatic rings. The summed E-state index contributed by atoms with van der Waals surface area (Å²) in [5, 5.41) is 11.7. The van der Waals surface area contributed by atoms with Crippen LogP contribution in [0.2, 0.25) is 0 Å². The molecule has 2 saturated heterocycles. The number of ether oxygens (including phenoxy) is 1. The number of hydrogen-bond donors (Lipinski definition) is 1. The number of likely N-dealkylation sites (tertiary alicyclic amines) is 1. The van der Waals surface area contributed by atoms with Gasteiger partial charge in [-0.2, -0.15) is 13.2 Å². The highest BCUT2D eigenvalue weighted by Gasteiger charge is 2.47. The Bertz CT molecular complexity index is 1590. The van der Waals surface area contributed by atoms with Crippen molar-refractivity contribution in [3.8, 4) is 11.1 Å². The zero-order valence-corrected chi connectivity index (χ0v) is 28.8. The second-order valence-electron chi connectivity index (χ2n) is 14.4. The molecule has 1 N–H and O–H groups in total. The number of aliphatic hydroxyl groups is 1. The summed E-state index contributed by atoms with van der Waals surface area (Å²) in [4.78, 5) is 24.7. The number of carbonyl (C=O) groups is 1. The summed E-state index contributed by atoms with van der Waals surface area (Å²) < 4.78 is 90.4. The van der Waals surface area contributed by atoms with Gasteiger partial charge in [0.2, 0.25) is 6.35 Å². The number of aliphatic imine (C=N–C) groups is 1. The van der Waals surface area contributed by atoms with Gasteiger partial charge in [-0.1, -0.05) is 12.1 Å². The van der Waals surface area contributed by atoms with E-state index in [9.17, 15) is 36.2 Å². The molecule has 0 radical (unpaired) electrons. The molecule has 2 aromatic carbocycles. The predicted molar refractivity (Wildman–Crippen MR) is 175 cm³/mol. The van der Waals surface area contributed by atoms with Gasteiger partial charge in [0.15, 0.2) is 0 Å². The zero-order chi connectivity index (χ0) is 35.6. The molecule has 0 aliphatic carbocycles. The van der Waals surface area contributed by atoms with Crippen LogP contribution in [0.1, 0.15) is 52.2 Å². The lowest BCUT2D eigenvalue weighted by Gasteiger charge is -2.50. The van der Waals surface area contributed by atoms with Gasteiger partial charge >= 0.3 is 12.3 Å². The van der Waals surface area contributed by atoms with Gasteiger partial charge in [-0.25, -0.2) is 23.0 Å². The van der Waals surface area contributed by atoms with Crippen LogP contribution < -0.4 is 4.90 Å². The van der Waals surface area contributed by atoms with Crippen LogP contribution in [0.4, 0.5) is 36.8 Å². The molecule has 8 nitrogen and oxygen atoms in total. The second kappa shape index (κ2) is 13.2. The van der Waals surface area contributed by atoms with E-state index in [0.717, 1.165) is 18.2 Å². The van der Waals surface area contributed by atoms with Gasteiger partial charge in [0.05, 0.1) is 17.8 Å². The maximum absolute atomic E-state index is 15.0. The predicted octanol–water partition coefficient (Wildman–Crippen LogP) is 6.75. The first kappa shape index (κ1) is 35.6. The van der Waals surface area contributed by atoms with Crippen molar-refractivity contribution in [3.05, 3.63) is 47.3 Å². The maximum Gasteiger partial charge on any atom is 0.417 e. The summed E-state index contributed by atoms with van der Waals surface area (Å²) in [5.41, 5.74) is -0.927. The molecular formula is C34H41F6N5O3S. The van der Waals surface area contributed by atoms with E-state index in [2.05, 4.69) is 4.99 Å². The Labute approximate surface area is 286 Å². The molecule has 1 amide bonds. The van der Waals surface area contributed by atoms with E-state index in [1.165, 1.54) is 23.9 Å². The summed E-state index contributed by atoms with van der Waals surface area (Å²) in [6.07, 6.45) is -8.63. The first-order valence-corrected chi connectivity index (χ1v) is 17.4. The van der Waals surface area contributed by atoms with Crippen molar-refractivity contribution in [2.24, 2.45) is 10.9 Å². The SMILES string of the molecule is C[C@@H]1CN(C2=NC(O)N3c4c2cc(C(F)(F)F)c(-c2ccc(F)cc2)c4SC[C@@H]3CC2CN(CC(F)F)C2)[C@@H](C)CN1C(=O)OC(C)(C)C. The molecule has 49 heavy (non-hydrogen) atoms. The summed E-state index contributed by atoms with van der Waals surface area (Å²) in [5.74, 6) is 0.00205. The van der Waals surface area contributed by atoms with E-state index in [1.54, 1.807) is 35.5 Å². The highest BCUT2D eigenvalue weighted by atomic mass is 32.2. The van der Waals surface area contributed by atoms with Crippen LogP contribution >= 0.6 is 11.8 Å². The van der Waals surface area contributed by atoms with Crippen LogP contribution in [0.25, 0.3) is 11.1 Å². The molecule has 15 heteroatoms. The number of amidine groups is 1. The molecule has 6 rings (SSSR count). The van der Waals surface area contributed by atoms with E-state index < -0.39 is 54.1 Å². The van der Waals surface area contributed by atoms with Gasteiger partial charge in [-0.3, -0.25) is 4.90 Å². The third-order valence-corrected chi connectivity index (χ3v) is 10.7. The first-order chi connectivity index (χ1) is 22.9. The minimum Gasteiger partial charge on any atom is -0.444 e. The number of aliphatic hydroxyl groups excluding tert-OH is 1. The Hall–Kier alpha value is -3.17. The molecule has 268 valence electrons. The molecule has 0 saturated carbocycles. The van der Waals surface area contributed by atoms with Gasteiger partial charge in [0.1, 0.15) is 17.3 Å². The molecule has 0 aromatic heterocycles. The number of rotatable bonds is 5. The molecule has 1 unspecified atom stereocenters. The second-order valence-corrected chi connectivity index (χ2v) is 15.4. The Balaban J connectivity index is 1.42. The average molecular weight is 714 g/mol. The number of halogens is 6. The molecule has 4 heterocycles. The summed E-state index contributed by atoms with van der Waals surface area (Å²) >= 11 is 1.25. The Morgan fingerprint density at radius 1 is 1.06 bits per heavy atom. The number of hydrogen-bond acceptors (Lipinski definition) is 8. The Morgan fingerprint density at radius 3 is 2.35 bits per heavy atom. The first-order valence-electron chi connectivity index (χ1n) is 16.4. The highest BCUT2D eigenvalue weighted by molar-refractivity contribution is 7.99. The van der Waals surface area contributed by atoms with E-state index in [0.29, 0.717) is 35.8 Å². The van der Waals surface area contributed by atoms with Gasteiger partial charge in [0, 0.05) is 66.1 Å². The third kappa shape index (κ3) is 7.21. The number of anilines is 1. The van der Waals surface area contributed by atoms with Crippen LogP contribution in [0.3, 0.4) is 0 Å². The Morgan fingerprint density at radius 2 is 1.73 bits per heavy atom. The summed E-state index contributed by atoms with van der Waals surface area (Å²) in [7, 11) is 0. The van der Waals surface area contributed by atoms with Crippen LogP contribution in [0, 0.1) is 11.7 Å². The average Bonchev–Trinajstić information content (AvgIpc) is 2.97. The lowest BCUT2D eigenvalue weighted by Crippen LogP contribution is -2.61. The highest BCUT2D eigenvalue weighted by Crippen LogP contribution is 2.53. The fourth-order valence-corrected chi connectivity index (χ4v) is 8.67. The molecule has 0 bridgehead atoms. The number of piperazine rings is 1. The summed E-state index contributed by atoms with van der Waals surface area (Å²) in [6.45, 7) is 10.0. The van der Waals surface area contributed by atoms with Crippen LogP contribution in [0.15, 0.2) is 40.2 Å². The van der Waals surface area contributed by atoms with Gasteiger partial charge in [-0.05, 0) is 70.7 Å². The number of thioether (sulfide) groups is 1. The largest absolute Gasteiger partial charge is 0.444 e. The van der Waals surface area contributed by atoms with Crippen molar-refractivity contribution >= 4 is 29.4 Å². The fraction of sp³-hybridized carbons (Fsp3) is 0.588. The van der Waals surface area contributed by atoms with Gasteiger partial charge in [-0.15, -0.1) is 11.8 Å². The van der Waals surface area contributed by atoms with Crippen molar-refractivity contribution < 1.29 is 41.0 Å². The number of nitrogens with zero attached hydrogens (tertiary/aromatic N) is 5. The van der Waals surface area contributed by atoms with Crippen molar-refractivity contribution in [2.45, 2.75) is 88.6 Å². The standard InChI is InChI=1S/C34H41F6N5O3S/c1-18-13-44(32(47)48-33(3,4)5)19(2)12-43(18)30-24-11-25(34(38,39)40)27(21-6-8-22(35)9-7-21)29-28(24)45(31(46)41-30)23(17-49-29)10-20-14-42(15-20)16-26(36)37/h6-9,11,18-20,23,26,31,46H,10,12-17H2,1-5H3/t18-,19+,23-,31?/m0/s1. The molecule has 0 spiro atoms. The molecule has 4 atom stereocenters. The van der Waals surface area contributed by atoms with Crippen LogP contribution in [-0.4, -0.2) is 107 Å². The molecule has 4 aliphatic heterocycles. The van der Waals surface area contributed by atoms with E-state index in [-0.39, 0.29) is 54.1 Å².